The molecule has 1 N–H and O–H groups in total. The number of pyridine rings is 1. The Morgan fingerprint density at radius 3 is 2.92 bits per heavy atom. The highest BCUT2D eigenvalue weighted by Crippen LogP contribution is 2.17. The van der Waals surface area contributed by atoms with Crippen LogP contribution in [0.4, 0.5) is 5.69 Å². The van der Waals surface area contributed by atoms with E-state index >= 15 is 0 Å². The Bertz CT molecular complexity index is 758. The smallest absolute Gasteiger partial charge is 0.338 e. The largest absolute Gasteiger partial charge is 0.457 e. The molecule has 2 aromatic rings. The van der Waals surface area contributed by atoms with Crippen molar-refractivity contribution in [1.29, 1.82) is 0 Å². The van der Waals surface area contributed by atoms with E-state index in [1.54, 1.807) is 42.6 Å². The summed E-state index contributed by atoms with van der Waals surface area (Å²) in [6, 6.07) is 9.98. The van der Waals surface area contributed by atoms with Gasteiger partial charge in [-0.05, 0) is 37.1 Å². The summed E-state index contributed by atoms with van der Waals surface area (Å²) in [5.74, 6) is -0.682. The monoisotopic (exact) mass is 360 g/mol. The first-order valence-electron chi connectivity index (χ1n) is 7.92. The maximum Gasteiger partial charge on any atom is 0.338 e. The lowest BCUT2D eigenvalue weighted by atomic mass is 10.2. The summed E-state index contributed by atoms with van der Waals surface area (Å²) in [6.07, 6.45) is 2.72. The average Bonchev–Trinajstić information content (AvgIpc) is 3.16. The number of esters is 1. The molecule has 1 unspecified atom stereocenters. The second kappa shape index (κ2) is 8.09. The number of ether oxygens (including phenoxy) is 2. The maximum atomic E-state index is 12.2. The SMILES string of the molecule is O=C(OCc1ccc(Cl)nc1)c1cccc(NC(=O)C2CCCO2)c1. The van der Waals surface area contributed by atoms with Crippen molar-refractivity contribution in [3.05, 3.63) is 58.9 Å². The van der Waals surface area contributed by atoms with Crippen molar-refractivity contribution in [2.24, 2.45) is 0 Å². The number of amides is 1. The molecule has 25 heavy (non-hydrogen) atoms. The Kier molecular flexibility index (Phi) is 5.63. The third kappa shape index (κ3) is 4.78. The van der Waals surface area contributed by atoms with Crippen LogP contribution in [0.25, 0.3) is 0 Å². The van der Waals surface area contributed by atoms with E-state index < -0.39 is 12.1 Å². The van der Waals surface area contributed by atoms with Crippen molar-refractivity contribution in [3.8, 4) is 0 Å². The van der Waals surface area contributed by atoms with Crippen molar-refractivity contribution in [1.82, 2.24) is 4.98 Å². The number of rotatable bonds is 5. The Labute approximate surface area is 150 Å². The van der Waals surface area contributed by atoms with Crippen molar-refractivity contribution in [3.63, 3.8) is 0 Å². The number of nitrogens with one attached hydrogen (secondary N) is 1. The van der Waals surface area contributed by atoms with Gasteiger partial charge < -0.3 is 14.8 Å². The van der Waals surface area contributed by atoms with Crippen LogP contribution in [-0.4, -0.2) is 29.6 Å². The second-order valence-corrected chi connectivity index (χ2v) is 6.02. The molecule has 1 fully saturated rings. The number of benzene rings is 1. The Morgan fingerprint density at radius 1 is 1.32 bits per heavy atom. The van der Waals surface area contributed by atoms with Gasteiger partial charge in [0.15, 0.2) is 0 Å². The van der Waals surface area contributed by atoms with Crippen molar-refractivity contribution in [2.75, 3.05) is 11.9 Å². The van der Waals surface area contributed by atoms with Gasteiger partial charge in [-0.1, -0.05) is 23.7 Å². The summed E-state index contributed by atoms with van der Waals surface area (Å²) in [4.78, 5) is 28.2. The standard InChI is InChI=1S/C18H17ClN2O4/c19-16-7-6-12(10-20-16)11-25-18(23)13-3-1-4-14(9-13)21-17(22)15-5-2-8-24-15/h1,3-4,6-7,9-10,15H,2,5,8,11H2,(H,21,22). The first kappa shape index (κ1) is 17.4. The zero-order chi connectivity index (χ0) is 17.6. The number of hydrogen-bond acceptors (Lipinski definition) is 5. The molecule has 0 aliphatic carbocycles. The van der Waals surface area contributed by atoms with Crippen LogP contribution in [0.15, 0.2) is 42.6 Å². The normalized spacial score (nSPS) is 16.4. The lowest BCUT2D eigenvalue weighted by Gasteiger charge is -2.11. The molecule has 0 radical (unpaired) electrons. The molecule has 2 heterocycles. The number of hydrogen-bond donors (Lipinski definition) is 1. The summed E-state index contributed by atoms with van der Waals surface area (Å²) in [5.41, 5.74) is 1.62. The van der Waals surface area contributed by atoms with Crippen LogP contribution >= 0.6 is 11.6 Å². The molecule has 1 aliphatic heterocycles. The van der Waals surface area contributed by atoms with Crippen LogP contribution in [-0.2, 0) is 20.9 Å². The quantitative estimate of drug-likeness (QED) is 0.654. The van der Waals surface area contributed by atoms with Gasteiger partial charge in [-0.3, -0.25) is 4.79 Å². The van der Waals surface area contributed by atoms with Gasteiger partial charge in [0, 0.05) is 24.1 Å². The van der Waals surface area contributed by atoms with Crippen molar-refractivity contribution >= 4 is 29.2 Å². The van der Waals surface area contributed by atoms with Gasteiger partial charge in [-0.15, -0.1) is 0 Å². The van der Waals surface area contributed by atoms with Gasteiger partial charge in [0.1, 0.15) is 17.9 Å². The highest BCUT2D eigenvalue weighted by Gasteiger charge is 2.23. The molecule has 0 spiro atoms. The number of aromatic nitrogens is 1. The van der Waals surface area contributed by atoms with Crippen LogP contribution in [0.2, 0.25) is 5.15 Å². The molecule has 1 amide bonds. The summed E-state index contributed by atoms with van der Waals surface area (Å²) >= 11 is 5.71. The van der Waals surface area contributed by atoms with Crippen molar-refractivity contribution < 1.29 is 19.1 Å². The molecule has 1 aliphatic rings. The van der Waals surface area contributed by atoms with Gasteiger partial charge in [-0.25, -0.2) is 9.78 Å². The highest BCUT2D eigenvalue weighted by atomic mass is 35.5. The number of anilines is 1. The van der Waals surface area contributed by atoms with E-state index in [0.717, 1.165) is 12.0 Å². The van der Waals surface area contributed by atoms with E-state index in [-0.39, 0.29) is 12.5 Å². The molecule has 130 valence electrons. The van der Waals surface area contributed by atoms with E-state index in [2.05, 4.69) is 10.3 Å². The molecule has 1 aromatic carbocycles. The summed E-state index contributed by atoms with van der Waals surface area (Å²) in [5, 5.41) is 3.14. The molecule has 1 atom stereocenters. The third-order valence-electron chi connectivity index (χ3n) is 3.75. The molecule has 1 aromatic heterocycles. The minimum atomic E-state index is -0.483. The highest BCUT2D eigenvalue weighted by molar-refractivity contribution is 6.29. The van der Waals surface area contributed by atoms with E-state index in [4.69, 9.17) is 21.1 Å². The summed E-state index contributed by atoms with van der Waals surface area (Å²) in [7, 11) is 0. The minimum absolute atomic E-state index is 0.0928. The lowest BCUT2D eigenvalue weighted by molar-refractivity contribution is -0.124. The van der Waals surface area contributed by atoms with E-state index in [1.165, 1.54) is 0 Å². The van der Waals surface area contributed by atoms with Gasteiger partial charge in [0.05, 0.1) is 5.56 Å². The second-order valence-electron chi connectivity index (χ2n) is 5.64. The Hall–Kier alpha value is -2.44. The van der Waals surface area contributed by atoms with Crippen LogP contribution in [0.5, 0.6) is 0 Å². The van der Waals surface area contributed by atoms with Crippen LogP contribution in [0.3, 0.4) is 0 Å². The van der Waals surface area contributed by atoms with Crippen LogP contribution < -0.4 is 5.32 Å². The van der Waals surface area contributed by atoms with Crippen LogP contribution in [0, 0.1) is 0 Å². The van der Waals surface area contributed by atoms with Gasteiger partial charge in [-0.2, -0.15) is 0 Å². The number of halogens is 1. The van der Waals surface area contributed by atoms with E-state index in [1.807, 2.05) is 0 Å². The zero-order valence-electron chi connectivity index (χ0n) is 13.4. The molecular weight excluding hydrogens is 344 g/mol. The number of nitrogens with zero attached hydrogens (tertiary/aromatic N) is 1. The first-order chi connectivity index (χ1) is 12.1. The minimum Gasteiger partial charge on any atom is -0.457 e. The third-order valence-corrected chi connectivity index (χ3v) is 3.97. The first-order valence-corrected chi connectivity index (χ1v) is 8.30. The molecule has 0 saturated carbocycles. The molecule has 0 bridgehead atoms. The van der Waals surface area contributed by atoms with Gasteiger partial charge in [0.25, 0.3) is 5.91 Å². The summed E-state index contributed by atoms with van der Waals surface area (Å²) < 4.78 is 10.6. The molecule has 7 heteroatoms. The van der Waals surface area contributed by atoms with Gasteiger partial charge >= 0.3 is 5.97 Å². The number of carbonyl (C=O) groups is 2. The van der Waals surface area contributed by atoms with Crippen LogP contribution in [0.1, 0.15) is 28.8 Å². The molecule has 3 rings (SSSR count). The predicted molar refractivity (Wildman–Crippen MR) is 92.4 cm³/mol. The van der Waals surface area contributed by atoms with Gasteiger partial charge in [0.2, 0.25) is 0 Å². The fourth-order valence-corrected chi connectivity index (χ4v) is 2.57. The Balaban J connectivity index is 1.59. The molecule has 6 nitrogen and oxygen atoms in total. The maximum absolute atomic E-state index is 12.2. The lowest BCUT2D eigenvalue weighted by Crippen LogP contribution is -2.26. The summed E-state index contributed by atoms with van der Waals surface area (Å²) in [6.45, 7) is 0.694. The van der Waals surface area contributed by atoms with E-state index in [9.17, 15) is 9.59 Å². The molecule has 1 saturated heterocycles. The Morgan fingerprint density at radius 2 is 2.20 bits per heavy atom. The average molecular weight is 361 g/mol. The topological polar surface area (TPSA) is 77.5 Å². The fraction of sp³-hybridized carbons (Fsp3) is 0.278. The van der Waals surface area contributed by atoms with E-state index in [0.29, 0.717) is 29.4 Å². The molecular formula is C18H17ClN2O4. The predicted octanol–water partition coefficient (Wildman–Crippen LogP) is 3.21. The zero-order valence-corrected chi connectivity index (χ0v) is 14.2. The number of carbonyl (C=O) groups excluding carboxylic acids is 2. The van der Waals surface area contributed by atoms with Crippen molar-refractivity contribution in [2.45, 2.75) is 25.6 Å². The fourth-order valence-electron chi connectivity index (χ4n) is 2.46.